The topological polar surface area (TPSA) is 77.2 Å². The van der Waals surface area contributed by atoms with Gasteiger partial charge in [0.25, 0.3) is 0 Å². The molecule has 0 heterocycles. The Balaban J connectivity index is 0.000000383. The molecule has 21 heavy (non-hydrogen) atoms. The first-order valence-electron chi connectivity index (χ1n) is 6.16. The van der Waals surface area contributed by atoms with E-state index in [1.54, 1.807) is 6.08 Å². The summed E-state index contributed by atoms with van der Waals surface area (Å²) >= 11 is 0. The van der Waals surface area contributed by atoms with Crippen molar-refractivity contribution in [1.82, 2.24) is 0 Å². The number of rotatable bonds is 3. The maximum absolute atomic E-state index is 11.7. The Morgan fingerprint density at radius 3 is 1.86 bits per heavy atom. The molecular weight excluding hydrogens is 286 g/mol. The highest BCUT2D eigenvalue weighted by atomic mass is 32.2. The van der Waals surface area contributed by atoms with Crippen LogP contribution in [-0.2, 0) is 10.0 Å². The van der Waals surface area contributed by atoms with Gasteiger partial charge in [0, 0.05) is 5.56 Å². The van der Waals surface area contributed by atoms with Crippen molar-refractivity contribution < 1.29 is 13.2 Å². The first-order chi connectivity index (χ1) is 9.86. The van der Waals surface area contributed by atoms with Gasteiger partial charge < -0.3 is 0 Å². The Hall–Kier alpha value is -2.24. The van der Waals surface area contributed by atoms with E-state index >= 15 is 0 Å². The van der Waals surface area contributed by atoms with Crippen LogP contribution in [0.25, 0.3) is 6.08 Å². The maximum atomic E-state index is 11.7. The van der Waals surface area contributed by atoms with E-state index in [1.807, 2.05) is 66.7 Å². The number of carbonyl (C=O) groups is 1. The molecule has 0 atom stereocenters. The minimum atomic E-state index is -3.17. The molecule has 110 valence electrons. The van der Waals surface area contributed by atoms with Crippen LogP contribution < -0.4 is 5.14 Å². The Kier molecular flexibility index (Phi) is 6.52. The highest BCUT2D eigenvalue weighted by Gasteiger charge is 1.98. The predicted octanol–water partition coefficient (Wildman–Crippen LogP) is 2.49. The van der Waals surface area contributed by atoms with Crippen LogP contribution in [0.2, 0.25) is 0 Å². The highest BCUT2D eigenvalue weighted by Crippen LogP contribution is 2.05. The molecule has 0 aliphatic rings. The van der Waals surface area contributed by atoms with Crippen molar-refractivity contribution in [1.29, 1.82) is 0 Å². The van der Waals surface area contributed by atoms with Gasteiger partial charge in [-0.3, -0.25) is 4.79 Å². The summed E-state index contributed by atoms with van der Waals surface area (Å²) in [6.45, 7) is 0. The molecule has 0 radical (unpaired) electrons. The number of benzene rings is 2. The molecule has 5 heteroatoms. The quantitative estimate of drug-likeness (QED) is 0.699. The van der Waals surface area contributed by atoms with Gasteiger partial charge in [0.05, 0.1) is 6.26 Å². The van der Waals surface area contributed by atoms with Gasteiger partial charge in [0.15, 0.2) is 5.78 Å². The Morgan fingerprint density at radius 2 is 1.38 bits per heavy atom. The summed E-state index contributed by atoms with van der Waals surface area (Å²) in [4.78, 5) is 11.7. The SMILES string of the molecule is CS(N)(=O)=O.O=C(C=Cc1ccccc1)c1ccccc1. The van der Waals surface area contributed by atoms with Crippen LogP contribution in [0.4, 0.5) is 0 Å². The normalized spacial score (nSPS) is 10.8. The zero-order chi connectivity index (χ0) is 15.7. The molecular formula is C16H17NO3S. The predicted molar refractivity (Wildman–Crippen MR) is 85.3 cm³/mol. The molecule has 2 aromatic carbocycles. The molecule has 0 spiro atoms. The van der Waals surface area contributed by atoms with Gasteiger partial charge in [-0.1, -0.05) is 66.7 Å². The molecule has 0 aliphatic carbocycles. The lowest BCUT2D eigenvalue weighted by Crippen LogP contribution is -2.07. The molecule has 2 N–H and O–H groups in total. The second-order valence-corrected chi connectivity index (χ2v) is 5.96. The lowest BCUT2D eigenvalue weighted by Gasteiger charge is -1.94. The molecule has 4 nitrogen and oxygen atoms in total. The van der Waals surface area contributed by atoms with E-state index in [2.05, 4.69) is 5.14 Å². The second-order valence-electron chi connectivity index (χ2n) is 4.30. The van der Waals surface area contributed by atoms with Crippen LogP contribution in [0.1, 0.15) is 15.9 Å². The summed E-state index contributed by atoms with van der Waals surface area (Å²) in [5.74, 6) is 0.0319. The van der Waals surface area contributed by atoms with Crippen molar-refractivity contribution in [3.8, 4) is 0 Å². The van der Waals surface area contributed by atoms with Crippen molar-refractivity contribution in [2.24, 2.45) is 5.14 Å². The fourth-order valence-corrected chi connectivity index (χ4v) is 1.43. The van der Waals surface area contributed by atoms with Gasteiger partial charge in [-0.05, 0) is 11.6 Å². The first kappa shape index (κ1) is 16.8. The molecule has 0 amide bonds. The summed E-state index contributed by atoms with van der Waals surface area (Å²) in [6, 6.07) is 19.1. The van der Waals surface area contributed by atoms with Crippen molar-refractivity contribution in [2.45, 2.75) is 0 Å². The number of hydrogen-bond acceptors (Lipinski definition) is 3. The number of hydrogen-bond donors (Lipinski definition) is 1. The van der Waals surface area contributed by atoms with Crippen LogP contribution in [-0.4, -0.2) is 20.5 Å². The lowest BCUT2D eigenvalue weighted by molar-refractivity contribution is 0.104. The number of nitrogens with two attached hydrogens (primary N) is 1. The van der Waals surface area contributed by atoms with Gasteiger partial charge in [-0.25, -0.2) is 13.6 Å². The maximum Gasteiger partial charge on any atom is 0.206 e. The summed E-state index contributed by atoms with van der Waals surface area (Å²) in [5, 5.41) is 4.33. The molecule has 0 saturated carbocycles. The highest BCUT2D eigenvalue weighted by molar-refractivity contribution is 7.88. The summed E-state index contributed by atoms with van der Waals surface area (Å²) in [6.07, 6.45) is 4.37. The van der Waals surface area contributed by atoms with Crippen LogP contribution in [0.5, 0.6) is 0 Å². The fraction of sp³-hybridized carbons (Fsp3) is 0.0625. The van der Waals surface area contributed by atoms with Gasteiger partial charge in [0.1, 0.15) is 0 Å². The van der Waals surface area contributed by atoms with E-state index in [0.29, 0.717) is 0 Å². The second kappa shape index (κ2) is 8.14. The van der Waals surface area contributed by atoms with E-state index in [1.165, 1.54) is 0 Å². The van der Waals surface area contributed by atoms with Gasteiger partial charge in [-0.15, -0.1) is 0 Å². The summed E-state index contributed by atoms with van der Waals surface area (Å²) < 4.78 is 18.8. The number of allylic oxidation sites excluding steroid dienone is 1. The minimum Gasteiger partial charge on any atom is -0.289 e. The summed E-state index contributed by atoms with van der Waals surface area (Å²) in [7, 11) is -3.17. The average molecular weight is 303 g/mol. The van der Waals surface area contributed by atoms with Crippen molar-refractivity contribution >= 4 is 21.9 Å². The Labute approximate surface area is 125 Å². The summed E-state index contributed by atoms with van der Waals surface area (Å²) in [5.41, 5.74) is 1.75. The largest absolute Gasteiger partial charge is 0.289 e. The zero-order valence-corrected chi connectivity index (χ0v) is 12.5. The van der Waals surface area contributed by atoms with Crippen molar-refractivity contribution in [3.05, 3.63) is 77.9 Å². The lowest BCUT2D eigenvalue weighted by atomic mass is 10.1. The van der Waals surface area contributed by atoms with E-state index in [4.69, 9.17) is 0 Å². The van der Waals surface area contributed by atoms with E-state index in [0.717, 1.165) is 17.4 Å². The van der Waals surface area contributed by atoms with E-state index in [9.17, 15) is 13.2 Å². The Bertz CT molecular complexity index is 685. The number of ketones is 1. The van der Waals surface area contributed by atoms with E-state index < -0.39 is 10.0 Å². The molecule has 2 rings (SSSR count). The first-order valence-corrected chi connectivity index (χ1v) is 8.12. The number of carbonyl (C=O) groups excluding carboxylic acids is 1. The third-order valence-electron chi connectivity index (χ3n) is 2.29. The number of primary sulfonamides is 1. The Morgan fingerprint density at radius 1 is 0.952 bits per heavy atom. The average Bonchev–Trinajstić information content (AvgIpc) is 2.45. The monoisotopic (exact) mass is 303 g/mol. The molecule has 0 bridgehead atoms. The number of sulfonamides is 1. The molecule has 2 aromatic rings. The van der Waals surface area contributed by atoms with Gasteiger partial charge in [-0.2, -0.15) is 0 Å². The fourth-order valence-electron chi connectivity index (χ4n) is 1.43. The van der Waals surface area contributed by atoms with Gasteiger partial charge >= 0.3 is 0 Å². The third kappa shape index (κ3) is 8.52. The minimum absolute atomic E-state index is 0.0319. The van der Waals surface area contributed by atoms with Crippen LogP contribution in [0, 0.1) is 0 Å². The van der Waals surface area contributed by atoms with Crippen molar-refractivity contribution in [3.63, 3.8) is 0 Å². The molecule has 0 unspecified atom stereocenters. The van der Waals surface area contributed by atoms with Gasteiger partial charge in [0.2, 0.25) is 10.0 Å². The standard InChI is InChI=1S/C15H12O.CH5NO2S/c16-15(14-9-5-2-6-10-14)12-11-13-7-3-1-4-8-13;1-5(2,3)4/h1-12H;1H3,(H2,2,3,4). The van der Waals surface area contributed by atoms with Crippen LogP contribution in [0.15, 0.2) is 66.7 Å². The molecule has 0 aromatic heterocycles. The zero-order valence-electron chi connectivity index (χ0n) is 11.6. The molecule has 0 aliphatic heterocycles. The van der Waals surface area contributed by atoms with Crippen LogP contribution >= 0.6 is 0 Å². The molecule has 0 saturated heterocycles. The van der Waals surface area contributed by atoms with E-state index in [-0.39, 0.29) is 5.78 Å². The smallest absolute Gasteiger partial charge is 0.206 e. The third-order valence-corrected chi connectivity index (χ3v) is 2.29. The molecule has 0 fully saturated rings. The van der Waals surface area contributed by atoms with Crippen molar-refractivity contribution in [2.75, 3.05) is 6.26 Å². The van der Waals surface area contributed by atoms with Crippen LogP contribution in [0.3, 0.4) is 0 Å².